The van der Waals surface area contributed by atoms with Crippen LogP contribution in [0, 0.1) is 11.6 Å². The summed E-state index contributed by atoms with van der Waals surface area (Å²) < 4.78 is 73.3. The van der Waals surface area contributed by atoms with E-state index in [4.69, 9.17) is 42.9 Å². The Kier molecular flexibility index (Phi) is 27.3. The maximum absolute atomic E-state index is 14.1. The molecule has 2 aliphatic heterocycles. The molecule has 5 aromatic rings. The minimum absolute atomic E-state index is 0.0472. The number of pyridine rings is 2. The largest absolute Gasteiger partial charge is 0.383 e. The molecule has 83 heavy (non-hydrogen) atoms. The number of amides is 2. The third-order valence-corrected chi connectivity index (χ3v) is 14.4. The van der Waals surface area contributed by atoms with Gasteiger partial charge in [0.1, 0.15) is 11.6 Å². The van der Waals surface area contributed by atoms with E-state index in [-0.39, 0.29) is 40.9 Å². The molecule has 2 amide bonds. The molecule has 0 bridgehead atoms. The fraction of sp³-hybridized carbons (Fsp3) is 0.524. The highest BCUT2D eigenvalue weighted by atomic mass is 19.1. The number of piperazine rings is 1. The van der Waals surface area contributed by atoms with Crippen molar-refractivity contribution in [1.29, 1.82) is 0 Å². The molecule has 452 valence electrons. The number of anilines is 2. The van der Waals surface area contributed by atoms with Gasteiger partial charge in [0.25, 0.3) is 0 Å². The van der Waals surface area contributed by atoms with Crippen LogP contribution in [-0.2, 0) is 72.3 Å². The van der Waals surface area contributed by atoms with Crippen LogP contribution < -0.4 is 20.9 Å². The van der Waals surface area contributed by atoms with Crippen molar-refractivity contribution < 1.29 is 56.3 Å². The van der Waals surface area contributed by atoms with Gasteiger partial charge in [-0.2, -0.15) is 0 Å². The van der Waals surface area contributed by atoms with Gasteiger partial charge in [-0.05, 0) is 109 Å². The number of ether oxygens (including phenoxy) is 8. The predicted molar refractivity (Wildman–Crippen MR) is 316 cm³/mol. The van der Waals surface area contributed by atoms with Crippen molar-refractivity contribution in [2.45, 2.75) is 63.7 Å². The highest BCUT2D eigenvalue weighted by Crippen LogP contribution is 2.41. The second kappa shape index (κ2) is 34.9. The molecule has 1 fully saturated rings. The molecule has 4 heterocycles. The molecule has 3 atom stereocenters. The first-order valence-electron chi connectivity index (χ1n) is 28.9. The van der Waals surface area contributed by atoms with Crippen molar-refractivity contribution in [1.82, 2.24) is 30.4 Å². The summed E-state index contributed by atoms with van der Waals surface area (Å²) in [7, 11) is 3.74. The number of aromatic nitrogens is 2. The Morgan fingerprint density at radius 2 is 1.35 bits per heavy atom. The van der Waals surface area contributed by atoms with Gasteiger partial charge in [-0.1, -0.05) is 50.2 Å². The van der Waals surface area contributed by atoms with Crippen LogP contribution in [0.5, 0.6) is 0 Å². The first kappa shape index (κ1) is 64.8. The van der Waals surface area contributed by atoms with Crippen LogP contribution in [0.25, 0.3) is 11.1 Å². The van der Waals surface area contributed by atoms with Crippen LogP contribution in [0.3, 0.4) is 0 Å². The number of fused-ring (bicyclic) bond motifs is 1. The number of hydrogen-bond donors (Lipinski definition) is 3. The van der Waals surface area contributed by atoms with Gasteiger partial charge >= 0.3 is 0 Å². The summed E-state index contributed by atoms with van der Waals surface area (Å²) in [5.41, 5.74) is 7.71. The summed E-state index contributed by atoms with van der Waals surface area (Å²) in [4.78, 5) is 43.2. The third-order valence-electron chi connectivity index (χ3n) is 14.4. The lowest BCUT2D eigenvalue weighted by Gasteiger charge is -2.39. The zero-order chi connectivity index (χ0) is 58.7. The van der Waals surface area contributed by atoms with Gasteiger partial charge in [-0.3, -0.25) is 29.4 Å². The molecule has 2 aliphatic rings. The Labute approximate surface area is 488 Å². The number of methoxy groups -OCH3 is 1. The number of carbonyl (C=O) groups excluding carboxylic acids is 2. The topological polar surface area (TPSA) is 180 Å². The lowest BCUT2D eigenvalue weighted by Crippen LogP contribution is -2.59. The second-order valence-corrected chi connectivity index (χ2v) is 21.6. The van der Waals surface area contributed by atoms with Gasteiger partial charge < -0.3 is 58.7 Å². The number of rotatable bonds is 38. The Bertz CT molecular complexity index is 2700. The third kappa shape index (κ3) is 22.0. The average molecular weight is 1150 g/mol. The van der Waals surface area contributed by atoms with E-state index in [9.17, 15) is 18.4 Å². The summed E-state index contributed by atoms with van der Waals surface area (Å²) in [6.07, 6.45) is 4.34. The van der Waals surface area contributed by atoms with Crippen molar-refractivity contribution in [3.63, 3.8) is 0 Å². The molecule has 7 rings (SSSR count). The molecular formula is C63H86F2N8O10. The second-order valence-electron chi connectivity index (χ2n) is 21.6. The van der Waals surface area contributed by atoms with E-state index >= 15 is 0 Å². The van der Waals surface area contributed by atoms with Crippen LogP contribution in [0.15, 0.2) is 103 Å². The van der Waals surface area contributed by atoms with Crippen LogP contribution in [0.4, 0.5) is 20.2 Å². The van der Waals surface area contributed by atoms with E-state index in [1.165, 1.54) is 24.3 Å². The molecule has 18 nitrogen and oxygen atoms in total. The van der Waals surface area contributed by atoms with E-state index < -0.39 is 6.04 Å². The molecular weight excluding hydrogens is 1070 g/mol. The maximum atomic E-state index is 14.1. The number of hydrogen-bond acceptors (Lipinski definition) is 16. The van der Waals surface area contributed by atoms with E-state index in [0.717, 1.165) is 52.4 Å². The van der Waals surface area contributed by atoms with E-state index in [1.54, 1.807) is 43.8 Å². The predicted octanol–water partition coefficient (Wildman–Crippen LogP) is 6.33. The molecule has 0 spiro atoms. The molecule has 20 heteroatoms. The molecule has 2 aromatic heterocycles. The standard InChI is InChI=1S/C63H86F2N8O10/c1-47-42-72(56(41-68-47)45-76-5)44-60(74)73-46-63(2,3)61-59(73)40-52(37-48-9-13-53(64)14-10-48)58(70-61)43-71(4)22-24-78-26-28-80-30-32-82-34-36-83-35-33-81-31-29-79-27-25-77-23-21-67-57(39-49-7-6-8-54(65)38-49)62(75)69-55-15-11-50(12-16-55)51-17-19-66-20-18-51/h6-20,38,40,47,56-57,67-68H,21-37,39,41-46H2,1-5H3,(H,69,75)/t47-,56-,57-/m1/s1. The van der Waals surface area contributed by atoms with E-state index in [1.807, 2.05) is 48.3 Å². The van der Waals surface area contributed by atoms with Gasteiger partial charge in [0.2, 0.25) is 11.8 Å². The summed E-state index contributed by atoms with van der Waals surface area (Å²) in [5, 5.41) is 9.75. The zero-order valence-electron chi connectivity index (χ0n) is 49.1. The summed E-state index contributed by atoms with van der Waals surface area (Å²) in [6.45, 7) is 17.0. The number of nitrogens with one attached hydrogen (secondary N) is 3. The number of carbonyl (C=O) groups is 2. The SMILES string of the molecule is COC[C@H]1CN[C@H](C)CN1CC(=O)N1CC(C)(C)c2nc(CN(C)CCOCCOCCOCCOCCOCCOCCOCCN[C@H](Cc3cccc(F)c3)C(=O)Nc3ccc(-c4ccncc4)cc3)c(Cc3ccc(F)cc3)cc21. The Morgan fingerprint density at radius 3 is 1.96 bits per heavy atom. The van der Waals surface area contributed by atoms with Gasteiger partial charge in [0.05, 0.1) is 129 Å². The minimum atomic E-state index is -0.613. The van der Waals surface area contributed by atoms with Gasteiger partial charge in [0.15, 0.2) is 0 Å². The quantitative estimate of drug-likeness (QED) is 0.0373. The van der Waals surface area contributed by atoms with E-state index in [2.05, 4.69) is 57.6 Å². The van der Waals surface area contributed by atoms with Crippen molar-refractivity contribution in [3.8, 4) is 11.1 Å². The molecule has 3 N–H and O–H groups in total. The molecule has 0 saturated carbocycles. The molecule has 0 unspecified atom stereocenters. The smallest absolute Gasteiger partial charge is 0.241 e. The van der Waals surface area contributed by atoms with Crippen molar-refractivity contribution in [2.24, 2.45) is 0 Å². The van der Waals surface area contributed by atoms with Crippen LogP contribution in [-0.4, -0.2) is 202 Å². The number of halogens is 2. The summed E-state index contributed by atoms with van der Waals surface area (Å²) in [5.74, 6) is -0.815. The molecule has 0 radical (unpaired) electrons. The van der Waals surface area contributed by atoms with Crippen LogP contribution in [0.1, 0.15) is 48.8 Å². The van der Waals surface area contributed by atoms with Crippen LogP contribution >= 0.6 is 0 Å². The minimum Gasteiger partial charge on any atom is -0.383 e. The van der Waals surface area contributed by atoms with Crippen molar-refractivity contribution in [3.05, 3.63) is 143 Å². The van der Waals surface area contributed by atoms with Gasteiger partial charge in [-0.25, -0.2) is 8.78 Å². The summed E-state index contributed by atoms with van der Waals surface area (Å²) in [6, 6.07) is 26.2. The maximum Gasteiger partial charge on any atom is 0.241 e. The zero-order valence-corrected chi connectivity index (χ0v) is 49.1. The molecule has 1 saturated heterocycles. The monoisotopic (exact) mass is 1150 g/mol. The first-order valence-corrected chi connectivity index (χ1v) is 28.9. The Balaban J connectivity index is 0.688. The molecule has 0 aliphatic carbocycles. The normalized spacial score (nSPS) is 16.4. The lowest BCUT2D eigenvalue weighted by molar-refractivity contribution is -0.121. The van der Waals surface area contributed by atoms with Crippen LogP contribution in [0.2, 0.25) is 0 Å². The highest BCUT2D eigenvalue weighted by molar-refractivity contribution is 5.97. The number of likely N-dealkylation sites (N-methyl/N-ethyl adjacent to an activating group) is 1. The van der Waals surface area contributed by atoms with Gasteiger partial charge in [-0.15, -0.1) is 0 Å². The summed E-state index contributed by atoms with van der Waals surface area (Å²) >= 11 is 0. The first-order chi connectivity index (χ1) is 40.3. The highest BCUT2D eigenvalue weighted by Gasteiger charge is 2.41. The molecule has 3 aromatic carbocycles. The van der Waals surface area contributed by atoms with Crippen molar-refractivity contribution in [2.75, 3.05) is 163 Å². The lowest BCUT2D eigenvalue weighted by atomic mass is 9.90. The Morgan fingerprint density at radius 1 is 0.747 bits per heavy atom. The average Bonchev–Trinajstić information content (AvgIpc) is 3.99. The van der Waals surface area contributed by atoms with Crippen molar-refractivity contribution >= 4 is 23.2 Å². The number of benzene rings is 3. The van der Waals surface area contributed by atoms with E-state index in [0.29, 0.717) is 156 Å². The Hall–Kier alpha value is -5.72. The number of nitrogens with zero attached hydrogens (tertiary/aromatic N) is 5. The van der Waals surface area contributed by atoms with Gasteiger partial charge in [0, 0.05) is 82.0 Å². The fourth-order valence-electron chi connectivity index (χ4n) is 9.97. The fourth-order valence-corrected chi connectivity index (χ4v) is 9.97.